The molecule has 7 heteroatoms. The van der Waals surface area contributed by atoms with Gasteiger partial charge in [0.1, 0.15) is 0 Å². The lowest BCUT2D eigenvalue weighted by atomic mass is 10.1. The molecule has 0 aliphatic carbocycles. The number of rotatable bonds is 9. The highest BCUT2D eigenvalue weighted by Crippen LogP contribution is 2.41. The number of thioether (sulfide) groups is 1. The van der Waals surface area contributed by atoms with E-state index >= 15 is 0 Å². The maximum atomic E-state index is 12.1. The van der Waals surface area contributed by atoms with Gasteiger partial charge in [0.2, 0.25) is 11.7 Å². The highest BCUT2D eigenvalue weighted by atomic mass is 32.2. The van der Waals surface area contributed by atoms with Gasteiger partial charge in [-0.25, -0.2) is 0 Å². The summed E-state index contributed by atoms with van der Waals surface area (Å²) in [5.74, 6) is 2.38. The number of anilines is 2. The summed E-state index contributed by atoms with van der Waals surface area (Å²) >= 11 is 1.67. The van der Waals surface area contributed by atoms with Gasteiger partial charge in [-0.3, -0.25) is 4.79 Å². The molecule has 0 saturated heterocycles. The van der Waals surface area contributed by atoms with E-state index in [1.165, 1.54) is 6.08 Å². The monoisotopic (exact) mass is 450 g/mol. The minimum Gasteiger partial charge on any atom is -0.493 e. The van der Waals surface area contributed by atoms with Crippen LogP contribution in [-0.4, -0.2) is 27.2 Å². The lowest BCUT2D eigenvalue weighted by Crippen LogP contribution is -2.09. The number of hydrogen-bond acceptors (Lipinski definition) is 6. The van der Waals surface area contributed by atoms with E-state index < -0.39 is 0 Å². The summed E-state index contributed by atoms with van der Waals surface area (Å²) in [7, 11) is 4.80. The van der Waals surface area contributed by atoms with Gasteiger partial charge in [0.25, 0.3) is 0 Å². The van der Waals surface area contributed by atoms with Crippen molar-refractivity contribution >= 4 is 35.1 Å². The normalized spacial score (nSPS) is 10.7. The minimum atomic E-state index is -0.232. The third-order valence-electron chi connectivity index (χ3n) is 4.67. The van der Waals surface area contributed by atoms with Crippen molar-refractivity contribution in [1.29, 1.82) is 0 Å². The third-order valence-corrected chi connectivity index (χ3v) is 5.72. The van der Waals surface area contributed by atoms with Gasteiger partial charge in [0.15, 0.2) is 11.5 Å². The van der Waals surface area contributed by atoms with Crippen molar-refractivity contribution in [3.8, 4) is 17.2 Å². The van der Waals surface area contributed by atoms with Gasteiger partial charge in [0, 0.05) is 16.7 Å². The van der Waals surface area contributed by atoms with E-state index in [1.807, 2.05) is 48.5 Å². The van der Waals surface area contributed by atoms with Gasteiger partial charge in [-0.1, -0.05) is 36.4 Å². The average molecular weight is 451 g/mol. The van der Waals surface area contributed by atoms with Crippen molar-refractivity contribution in [3.63, 3.8) is 0 Å². The molecule has 6 nitrogen and oxygen atoms in total. The molecule has 0 heterocycles. The Morgan fingerprint density at radius 2 is 1.62 bits per heavy atom. The zero-order chi connectivity index (χ0) is 22.9. The van der Waals surface area contributed by atoms with Gasteiger partial charge in [-0.05, 0) is 41.5 Å². The van der Waals surface area contributed by atoms with E-state index in [2.05, 4.69) is 5.32 Å². The molecular weight excluding hydrogens is 424 g/mol. The first kappa shape index (κ1) is 23.1. The Hall–Kier alpha value is -3.58. The number of nitrogens with one attached hydrogen (secondary N) is 1. The second kappa shape index (κ2) is 11.2. The van der Waals surface area contributed by atoms with Gasteiger partial charge in [-0.15, -0.1) is 11.8 Å². The summed E-state index contributed by atoms with van der Waals surface area (Å²) in [5, 5.41) is 2.77. The molecule has 0 atom stereocenters. The van der Waals surface area contributed by atoms with Crippen molar-refractivity contribution in [2.45, 2.75) is 10.6 Å². The Morgan fingerprint density at radius 1 is 0.969 bits per heavy atom. The number of benzene rings is 3. The maximum Gasteiger partial charge on any atom is 0.248 e. The zero-order valence-electron chi connectivity index (χ0n) is 18.3. The number of amides is 1. The van der Waals surface area contributed by atoms with Gasteiger partial charge >= 0.3 is 0 Å². The number of hydrogen-bond donors (Lipinski definition) is 2. The number of carbonyl (C=O) groups excluding carboxylic acids is 1. The maximum absolute atomic E-state index is 12.1. The molecular formula is C25H26N2O4S. The van der Waals surface area contributed by atoms with Crippen LogP contribution in [0.5, 0.6) is 17.2 Å². The molecule has 3 rings (SSSR count). The lowest BCUT2D eigenvalue weighted by Gasteiger charge is -2.14. The highest BCUT2D eigenvalue weighted by molar-refractivity contribution is 7.98. The standard InChI is InChI=1S/C25H26N2O4S/c1-29-22-14-19(15-23(30-2)25(22)31-3)32-16-18-10-8-17(9-11-18)12-13-24(28)27-21-7-5-4-6-20(21)26/h4-15H,16,26H2,1-3H3,(H,27,28)/b13-12+. The first-order chi connectivity index (χ1) is 15.5. The Balaban J connectivity index is 1.60. The first-order valence-electron chi connectivity index (χ1n) is 9.89. The van der Waals surface area contributed by atoms with Crippen molar-refractivity contribution < 1.29 is 19.0 Å². The minimum absolute atomic E-state index is 0.232. The van der Waals surface area contributed by atoms with E-state index in [0.29, 0.717) is 28.6 Å². The molecule has 3 aromatic rings. The predicted octanol–water partition coefficient (Wildman–Crippen LogP) is 5.24. The summed E-state index contributed by atoms with van der Waals surface area (Å²) in [6.07, 6.45) is 3.26. The molecule has 1 amide bonds. The summed E-state index contributed by atoms with van der Waals surface area (Å²) in [6.45, 7) is 0. The van der Waals surface area contributed by atoms with Gasteiger partial charge in [0.05, 0.1) is 32.7 Å². The molecule has 166 valence electrons. The number of carbonyl (C=O) groups is 1. The smallest absolute Gasteiger partial charge is 0.248 e. The van der Waals surface area contributed by atoms with Crippen molar-refractivity contribution in [2.24, 2.45) is 0 Å². The largest absolute Gasteiger partial charge is 0.493 e. The Morgan fingerprint density at radius 3 is 2.22 bits per heavy atom. The summed E-state index contributed by atoms with van der Waals surface area (Å²) in [4.78, 5) is 13.1. The van der Waals surface area contributed by atoms with Crippen LogP contribution >= 0.6 is 11.8 Å². The number of nitrogen functional groups attached to an aromatic ring is 1. The van der Waals surface area contributed by atoms with Crippen LogP contribution in [0.1, 0.15) is 11.1 Å². The fourth-order valence-corrected chi connectivity index (χ4v) is 3.90. The van der Waals surface area contributed by atoms with Crippen LogP contribution in [-0.2, 0) is 10.5 Å². The fourth-order valence-electron chi connectivity index (χ4n) is 2.99. The van der Waals surface area contributed by atoms with Crippen LogP contribution in [0.3, 0.4) is 0 Å². The first-order valence-corrected chi connectivity index (χ1v) is 10.9. The zero-order valence-corrected chi connectivity index (χ0v) is 19.1. The van der Waals surface area contributed by atoms with Crippen LogP contribution in [0.25, 0.3) is 6.08 Å². The molecule has 3 N–H and O–H groups in total. The quantitative estimate of drug-likeness (QED) is 0.264. The van der Waals surface area contributed by atoms with Crippen LogP contribution < -0.4 is 25.3 Å². The SMILES string of the molecule is COc1cc(SCc2ccc(/C=C/C(=O)Nc3ccccc3N)cc2)cc(OC)c1OC. The molecule has 0 unspecified atom stereocenters. The van der Waals surface area contributed by atoms with Gasteiger partial charge < -0.3 is 25.3 Å². The number of para-hydroxylation sites is 2. The Kier molecular flexibility index (Phi) is 8.05. The molecule has 0 saturated carbocycles. The van der Waals surface area contributed by atoms with E-state index in [4.69, 9.17) is 19.9 Å². The molecule has 0 aliphatic heterocycles. The molecule has 0 aromatic heterocycles. The second-order valence-electron chi connectivity index (χ2n) is 6.80. The highest BCUT2D eigenvalue weighted by Gasteiger charge is 2.13. The third kappa shape index (κ3) is 5.98. The Labute approximate surface area is 192 Å². The lowest BCUT2D eigenvalue weighted by molar-refractivity contribution is -0.111. The van der Waals surface area contributed by atoms with E-state index in [0.717, 1.165) is 21.8 Å². The molecule has 0 bridgehead atoms. The second-order valence-corrected chi connectivity index (χ2v) is 7.85. The molecule has 3 aromatic carbocycles. The molecule has 0 fully saturated rings. The Bertz CT molecular complexity index is 1070. The average Bonchev–Trinajstić information content (AvgIpc) is 2.82. The van der Waals surface area contributed by atoms with E-state index in [9.17, 15) is 4.79 Å². The summed E-state index contributed by atoms with van der Waals surface area (Å²) < 4.78 is 16.2. The molecule has 0 aliphatic rings. The van der Waals surface area contributed by atoms with Crippen molar-refractivity contribution in [1.82, 2.24) is 0 Å². The number of ether oxygens (including phenoxy) is 3. The number of methoxy groups -OCH3 is 3. The molecule has 0 radical (unpaired) electrons. The fraction of sp³-hybridized carbons (Fsp3) is 0.160. The van der Waals surface area contributed by atoms with E-state index in [1.54, 1.807) is 51.3 Å². The van der Waals surface area contributed by atoms with Crippen LogP contribution in [0.4, 0.5) is 11.4 Å². The molecule has 0 spiro atoms. The van der Waals surface area contributed by atoms with Crippen molar-refractivity contribution in [2.75, 3.05) is 32.4 Å². The van der Waals surface area contributed by atoms with Crippen LogP contribution in [0.15, 0.2) is 71.6 Å². The molecule has 32 heavy (non-hydrogen) atoms. The van der Waals surface area contributed by atoms with Crippen molar-refractivity contribution in [3.05, 3.63) is 77.9 Å². The van der Waals surface area contributed by atoms with E-state index in [-0.39, 0.29) is 5.91 Å². The summed E-state index contributed by atoms with van der Waals surface area (Å²) in [5.41, 5.74) is 9.07. The van der Waals surface area contributed by atoms with Crippen LogP contribution in [0, 0.1) is 0 Å². The number of nitrogens with two attached hydrogens (primary N) is 1. The predicted molar refractivity (Wildman–Crippen MR) is 131 cm³/mol. The topological polar surface area (TPSA) is 82.8 Å². The van der Waals surface area contributed by atoms with Gasteiger partial charge in [-0.2, -0.15) is 0 Å². The summed E-state index contributed by atoms with van der Waals surface area (Å²) in [6, 6.07) is 19.1. The van der Waals surface area contributed by atoms with Crippen LogP contribution in [0.2, 0.25) is 0 Å².